The maximum absolute atomic E-state index is 5.75. The Morgan fingerprint density at radius 3 is 2.94 bits per heavy atom. The molecular weight excluding hydrogens is 218 g/mol. The van der Waals surface area contributed by atoms with Crippen molar-refractivity contribution in [3.05, 3.63) is 23.8 Å². The highest BCUT2D eigenvalue weighted by Crippen LogP contribution is 2.28. The van der Waals surface area contributed by atoms with Crippen molar-refractivity contribution in [3.8, 4) is 11.5 Å². The molecule has 0 aromatic heterocycles. The number of methoxy groups -OCH3 is 1. The first-order valence-corrected chi connectivity index (χ1v) is 5.95. The highest BCUT2D eigenvalue weighted by Gasteiger charge is 2.17. The van der Waals surface area contributed by atoms with Gasteiger partial charge in [-0.15, -0.1) is 0 Å². The summed E-state index contributed by atoms with van der Waals surface area (Å²) in [6.45, 7) is 1.92. The van der Waals surface area contributed by atoms with Crippen LogP contribution in [0, 0.1) is 0 Å². The molecule has 4 nitrogen and oxygen atoms in total. The molecule has 1 fully saturated rings. The van der Waals surface area contributed by atoms with E-state index in [1.807, 2.05) is 18.2 Å². The zero-order valence-electron chi connectivity index (χ0n) is 10.1. The van der Waals surface area contributed by atoms with Gasteiger partial charge in [-0.05, 0) is 30.5 Å². The van der Waals surface area contributed by atoms with Crippen molar-refractivity contribution in [1.29, 1.82) is 0 Å². The van der Waals surface area contributed by atoms with E-state index < -0.39 is 0 Å². The molecule has 0 radical (unpaired) electrons. The molecule has 1 unspecified atom stereocenters. The summed E-state index contributed by atoms with van der Waals surface area (Å²) in [4.78, 5) is 0. The maximum atomic E-state index is 5.75. The van der Waals surface area contributed by atoms with Gasteiger partial charge >= 0.3 is 0 Å². The van der Waals surface area contributed by atoms with E-state index in [4.69, 9.17) is 19.9 Å². The molecule has 0 spiro atoms. The van der Waals surface area contributed by atoms with Crippen molar-refractivity contribution in [2.24, 2.45) is 5.73 Å². The van der Waals surface area contributed by atoms with E-state index in [9.17, 15) is 0 Å². The molecule has 1 aromatic rings. The zero-order chi connectivity index (χ0) is 12.1. The standard InChI is InChI=1S/C13H19NO3/c1-15-12-5-4-10(8-14)7-13(12)17-9-11-3-2-6-16-11/h4-5,7,11H,2-3,6,8-9,14H2,1H3. The Bertz CT molecular complexity index is 362. The first kappa shape index (κ1) is 12.2. The molecule has 17 heavy (non-hydrogen) atoms. The van der Waals surface area contributed by atoms with Gasteiger partial charge in [-0.25, -0.2) is 0 Å². The number of rotatable bonds is 5. The third-order valence-corrected chi connectivity index (χ3v) is 2.91. The lowest BCUT2D eigenvalue weighted by molar-refractivity contribution is 0.0669. The number of hydrogen-bond acceptors (Lipinski definition) is 4. The normalized spacial score (nSPS) is 19.3. The van der Waals surface area contributed by atoms with Crippen molar-refractivity contribution in [2.75, 3.05) is 20.3 Å². The van der Waals surface area contributed by atoms with Gasteiger partial charge < -0.3 is 19.9 Å². The van der Waals surface area contributed by atoms with E-state index in [0.29, 0.717) is 13.2 Å². The van der Waals surface area contributed by atoms with E-state index in [1.165, 1.54) is 0 Å². The van der Waals surface area contributed by atoms with Crippen LogP contribution in [0.3, 0.4) is 0 Å². The molecular formula is C13H19NO3. The molecule has 1 heterocycles. The van der Waals surface area contributed by atoms with Crippen molar-refractivity contribution in [3.63, 3.8) is 0 Å². The SMILES string of the molecule is COc1ccc(CN)cc1OCC1CCCO1. The lowest BCUT2D eigenvalue weighted by atomic mass is 10.2. The molecule has 1 atom stereocenters. The maximum Gasteiger partial charge on any atom is 0.161 e. The van der Waals surface area contributed by atoms with Crippen LogP contribution < -0.4 is 15.2 Å². The monoisotopic (exact) mass is 237 g/mol. The van der Waals surface area contributed by atoms with Crippen LogP contribution in [0.2, 0.25) is 0 Å². The van der Waals surface area contributed by atoms with Crippen LogP contribution in [0.25, 0.3) is 0 Å². The van der Waals surface area contributed by atoms with Crippen LogP contribution in [0.5, 0.6) is 11.5 Å². The van der Waals surface area contributed by atoms with E-state index in [2.05, 4.69) is 0 Å². The van der Waals surface area contributed by atoms with Crippen LogP contribution in [0.4, 0.5) is 0 Å². The molecule has 0 saturated carbocycles. The van der Waals surface area contributed by atoms with Crippen LogP contribution in [-0.4, -0.2) is 26.4 Å². The number of ether oxygens (including phenoxy) is 3. The third kappa shape index (κ3) is 3.11. The van der Waals surface area contributed by atoms with Gasteiger partial charge in [-0.2, -0.15) is 0 Å². The lowest BCUT2D eigenvalue weighted by Crippen LogP contribution is -2.16. The fourth-order valence-corrected chi connectivity index (χ4v) is 1.92. The van der Waals surface area contributed by atoms with Gasteiger partial charge in [0.25, 0.3) is 0 Å². The Morgan fingerprint density at radius 2 is 2.29 bits per heavy atom. The first-order chi connectivity index (χ1) is 8.33. The quantitative estimate of drug-likeness (QED) is 0.847. The topological polar surface area (TPSA) is 53.7 Å². The average molecular weight is 237 g/mol. The highest BCUT2D eigenvalue weighted by molar-refractivity contribution is 5.42. The van der Waals surface area contributed by atoms with Crippen LogP contribution in [0.1, 0.15) is 18.4 Å². The van der Waals surface area contributed by atoms with Crippen molar-refractivity contribution < 1.29 is 14.2 Å². The van der Waals surface area contributed by atoms with E-state index in [1.54, 1.807) is 7.11 Å². The molecule has 0 bridgehead atoms. The van der Waals surface area contributed by atoms with Gasteiger partial charge in [0, 0.05) is 13.2 Å². The number of hydrogen-bond donors (Lipinski definition) is 1. The predicted molar refractivity (Wildman–Crippen MR) is 65.4 cm³/mol. The summed E-state index contributed by atoms with van der Waals surface area (Å²) in [6, 6.07) is 5.75. The Hall–Kier alpha value is -1.26. The van der Waals surface area contributed by atoms with Crippen molar-refractivity contribution in [1.82, 2.24) is 0 Å². The summed E-state index contributed by atoms with van der Waals surface area (Å²) in [5.41, 5.74) is 6.64. The second kappa shape index (κ2) is 5.89. The summed E-state index contributed by atoms with van der Waals surface area (Å²) in [6.07, 6.45) is 2.40. The van der Waals surface area contributed by atoms with E-state index >= 15 is 0 Å². The van der Waals surface area contributed by atoms with E-state index in [-0.39, 0.29) is 6.10 Å². The summed E-state index contributed by atoms with van der Waals surface area (Å²) in [5.74, 6) is 1.48. The third-order valence-electron chi connectivity index (χ3n) is 2.91. The molecule has 94 valence electrons. The zero-order valence-corrected chi connectivity index (χ0v) is 10.1. The largest absolute Gasteiger partial charge is 0.493 e. The predicted octanol–water partition coefficient (Wildman–Crippen LogP) is 1.71. The van der Waals surface area contributed by atoms with Gasteiger partial charge in [0.1, 0.15) is 6.61 Å². The number of benzene rings is 1. The minimum atomic E-state index is 0.209. The molecule has 0 aliphatic carbocycles. The summed E-state index contributed by atoms with van der Waals surface area (Å²) >= 11 is 0. The van der Waals surface area contributed by atoms with E-state index in [0.717, 1.165) is 36.5 Å². The van der Waals surface area contributed by atoms with Gasteiger partial charge in [0.2, 0.25) is 0 Å². The van der Waals surface area contributed by atoms with Crippen LogP contribution in [0.15, 0.2) is 18.2 Å². The molecule has 1 aliphatic rings. The summed E-state index contributed by atoms with van der Waals surface area (Å²) in [5, 5.41) is 0. The van der Waals surface area contributed by atoms with Crippen LogP contribution in [-0.2, 0) is 11.3 Å². The van der Waals surface area contributed by atoms with Crippen molar-refractivity contribution in [2.45, 2.75) is 25.5 Å². The van der Waals surface area contributed by atoms with Gasteiger partial charge in [-0.1, -0.05) is 6.07 Å². The second-order valence-electron chi connectivity index (χ2n) is 4.14. The summed E-state index contributed by atoms with van der Waals surface area (Å²) < 4.78 is 16.5. The lowest BCUT2D eigenvalue weighted by Gasteiger charge is -2.14. The smallest absolute Gasteiger partial charge is 0.161 e. The molecule has 1 aromatic carbocycles. The molecule has 2 N–H and O–H groups in total. The Balaban J connectivity index is 2.01. The minimum absolute atomic E-state index is 0.209. The molecule has 4 heteroatoms. The van der Waals surface area contributed by atoms with Crippen molar-refractivity contribution >= 4 is 0 Å². The van der Waals surface area contributed by atoms with Gasteiger partial charge in [0.15, 0.2) is 11.5 Å². The molecule has 0 amide bonds. The van der Waals surface area contributed by atoms with Crippen LogP contribution >= 0.6 is 0 Å². The minimum Gasteiger partial charge on any atom is -0.493 e. The highest BCUT2D eigenvalue weighted by atomic mass is 16.5. The Morgan fingerprint density at radius 1 is 1.41 bits per heavy atom. The van der Waals surface area contributed by atoms with Gasteiger partial charge in [-0.3, -0.25) is 0 Å². The average Bonchev–Trinajstić information content (AvgIpc) is 2.89. The van der Waals surface area contributed by atoms with Gasteiger partial charge in [0.05, 0.1) is 13.2 Å². The molecule has 1 saturated heterocycles. The Labute approximate surface area is 102 Å². The fraction of sp³-hybridized carbons (Fsp3) is 0.538. The second-order valence-corrected chi connectivity index (χ2v) is 4.14. The Kier molecular flexibility index (Phi) is 4.23. The fourth-order valence-electron chi connectivity index (χ4n) is 1.92. The molecule has 2 rings (SSSR count). The summed E-state index contributed by atoms with van der Waals surface area (Å²) in [7, 11) is 1.64. The first-order valence-electron chi connectivity index (χ1n) is 5.95. The molecule has 1 aliphatic heterocycles. The number of nitrogens with two attached hydrogens (primary N) is 1.